The highest BCUT2D eigenvalue weighted by Gasteiger charge is 2.21. The predicted molar refractivity (Wildman–Crippen MR) is 78.2 cm³/mol. The molecule has 0 fully saturated rings. The average Bonchev–Trinajstić information content (AvgIpc) is 2.93. The zero-order valence-corrected chi connectivity index (χ0v) is 12.8. The van der Waals surface area contributed by atoms with E-state index in [1.807, 2.05) is 31.1 Å². The van der Waals surface area contributed by atoms with Crippen molar-refractivity contribution in [3.63, 3.8) is 0 Å². The summed E-state index contributed by atoms with van der Waals surface area (Å²) < 4.78 is 1.84. The predicted octanol–water partition coefficient (Wildman–Crippen LogP) is 2.15. The van der Waals surface area contributed by atoms with Crippen LogP contribution in [-0.2, 0) is 19.9 Å². The number of hydrogen-bond donors (Lipinski definition) is 2. The largest absolute Gasteiger partial charge is 0.271 e. The Hall–Kier alpha value is -0.950. The van der Waals surface area contributed by atoms with Gasteiger partial charge in [0.15, 0.2) is 0 Å². The third kappa shape index (κ3) is 2.81. The maximum Gasteiger partial charge on any atom is 0.0850 e. The van der Waals surface area contributed by atoms with Gasteiger partial charge in [-0.1, -0.05) is 18.5 Å². The summed E-state index contributed by atoms with van der Waals surface area (Å²) in [6.45, 7) is 4.03. The molecular weight excluding hydrogens is 282 g/mol. The molecule has 0 aromatic carbocycles. The Balaban J connectivity index is 2.29. The number of rotatable bonds is 5. The summed E-state index contributed by atoms with van der Waals surface area (Å²) in [6, 6.07) is 0.00473. The van der Waals surface area contributed by atoms with Gasteiger partial charge in [-0.15, -0.1) is 11.3 Å². The molecule has 2 aromatic rings. The first-order chi connectivity index (χ1) is 9.08. The summed E-state index contributed by atoms with van der Waals surface area (Å²) in [4.78, 5) is 5.40. The third-order valence-electron chi connectivity index (χ3n) is 3.20. The Labute approximate surface area is 121 Å². The van der Waals surface area contributed by atoms with Crippen LogP contribution in [0, 0.1) is 6.92 Å². The van der Waals surface area contributed by atoms with Crippen LogP contribution < -0.4 is 11.3 Å². The molecule has 0 bridgehead atoms. The van der Waals surface area contributed by atoms with E-state index in [0.29, 0.717) is 6.42 Å². The highest BCUT2D eigenvalue weighted by Crippen LogP contribution is 2.28. The van der Waals surface area contributed by atoms with Crippen LogP contribution in [0.4, 0.5) is 0 Å². The fourth-order valence-electron chi connectivity index (χ4n) is 2.11. The van der Waals surface area contributed by atoms with Crippen molar-refractivity contribution >= 4 is 22.9 Å². The van der Waals surface area contributed by atoms with Crippen LogP contribution in [0.25, 0.3) is 0 Å². The summed E-state index contributed by atoms with van der Waals surface area (Å²) >= 11 is 7.97. The molecule has 5 nitrogen and oxygen atoms in total. The zero-order chi connectivity index (χ0) is 14.0. The molecule has 0 aliphatic heterocycles. The van der Waals surface area contributed by atoms with Gasteiger partial charge < -0.3 is 0 Å². The first-order valence-corrected chi connectivity index (χ1v) is 7.40. The summed E-state index contributed by atoms with van der Waals surface area (Å²) in [5.74, 6) is 5.68. The lowest BCUT2D eigenvalue weighted by Gasteiger charge is -2.15. The Kier molecular flexibility index (Phi) is 4.57. The number of hydrazine groups is 1. The molecule has 0 aliphatic carbocycles. The molecule has 2 rings (SSSR count). The lowest BCUT2D eigenvalue weighted by Crippen LogP contribution is -2.30. The van der Waals surface area contributed by atoms with E-state index in [2.05, 4.69) is 15.5 Å². The van der Waals surface area contributed by atoms with Crippen molar-refractivity contribution in [3.8, 4) is 0 Å². The van der Waals surface area contributed by atoms with Crippen LogP contribution in [0.3, 0.4) is 0 Å². The maximum absolute atomic E-state index is 6.37. The summed E-state index contributed by atoms with van der Waals surface area (Å²) in [6.07, 6.45) is 1.52. The fraction of sp³-hybridized carbons (Fsp3) is 0.500. The Bertz CT molecular complexity index is 562. The second-order valence-corrected chi connectivity index (χ2v) is 5.67. The number of nitrogens with one attached hydrogen (secondary N) is 1. The van der Waals surface area contributed by atoms with Crippen molar-refractivity contribution in [1.29, 1.82) is 0 Å². The van der Waals surface area contributed by atoms with Gasteiger partial charge in [-0.05, 0) is 13.3 Å². The van der Waals surface area contributed by atoms with Gasteiger partial charge in [0.2, 0.25) is 0 Å². The molecule has 0 saturated heterocycles. The highest BCUT2D eigenvalue weighted by atomic mass is 35.5. The van der Waals surface area contributed by atoms with E-state index in [0.717, 1.165) is 33.4 Å². The second kappa shape index (κ2) is 6.00. The Morgan fingerprint density at radius 1 is 1.58 bits per heavy atom. The zero-order valence-electron chi connectivity index (χ0n) is 11.3. The molecule has 0 amide bonds. The lowest BCUT2D eigenvalue weighted by molar-refractivity contribution is 0.534. The number of nitrogens with two attached hydrogens (primary N) is 1. The minimum atomic E-state index is 0.00473. The topological polar surface area (TPSA) is 68.8 Å². The van der Waals surface area contributed by atoms with Gasteiger partial charge in [0.25, 0.3) is 0 Å². The highest BCUT2D eigenvalue weighted by molar-refractivity contribution is 7.09. The number of nitrogens with zero attached hydrogens (tertiary/aromatic N) is 3. The second-order valence-electron chi connectivity index (χ2n) is 4.41. The van der Waals surface area contributed by atoms with Crippen molar-refractivity contribution in [3.05, 3.63) is 32.5 Å². The lowest BCUT2D eigenvalue weighted by atomic mass is 10.1. The van der Waals surface area contributed by atoms with Gasteiger partial charge in [0.1, 0.15) is 0 Å². The van der Waals surface area contributed by atoms with Crippen LogP contribution in [-0.4, -0.2) is 14.8 Å². The number of aryl methyl sites for hydroxylation is 3. The van der Waals surface area contributed by atoms with Crippen LogP contribution in [0.1, 0.15) is 34.9 Å². The number of hydrogen-bond acceptors (Lipinski definition) is 5. The summed E-state index contributed by atoms with van der Waals surface area (Å²) in [5.41, 5.74) is 7.60. The van der Waals surface area contributed by atoms with Gasteiger partial charge in [0.05, 0.1) is 33.7 Å². The van der Waals surface area contributed by atoms with E-state index in [1.54, 1.807) is 11.3 Å². The van der Waals surface area contributed by atoms with Crippen molar-refractivity contribution < 1.29 is 0 Å². The molecule has 0 radical (unpaired) electrons. The molecule has 0 spiro atoms. The van der Waals surface area contributed by atoms with Crippen molar-refractivity contribution in [1.82, 2.24) is 20.2 Å². The van der Waals surface area contributed by atoms with Gasteiger partial charge >= 0.3 is 0 Å². The number of halogens is 1. The van der Waals surface area contributed by atoms with Crippen molar-refractivity contribution in [2.45, 2.75) is 32.7 Å². The molecule has 1 atom stereocenters. The van der Waals surface area contributed by atoms with E-state index >= 15 is 0 Å². The van der Waals surface area contributed by atoms with Crippen molar-refractivity contribution in [2.24, 2.45) is 12.9 Å². The molecule has 0 saturated carbocycles. The monoisotopic (exact) mass is 299 g/mol. The fourth-order valence-corrected chi connectivity index (χ4v) is 3.34. The average molecular weight is 300 g/mol. The normalized spacial score (nSPS) is 12.9. The SMILES string of the molecule is CCc1nn(C)c(CC(NN)c2scnc2C)c1Cl. The summed E-state index contributed by atoms with van der Waals surface area (Å²) in [5, 5.41) is 5.17. The molecule has 2 aromatic heterocycles. The molecule has 19 heavy (non-hydrogen) atoms. The van der Waals surface area contributed by atoms with Gasteiger partial charge in [-0.3, -0.25) is 16.0 Å². The van der Waals surface area contributed by atoms with E-state index in [9.17, 15) is 0 Å². The molecule has 0 aliphatic rings. The van der Waals surface area contributed by atoms with Gasteiger partial charge in [-0.25, -0.2) is 4.98 Å². The quantitative estimate of drug-likeness (QED) is 0.656. The van der Waals surface area contributed by atoms with E-state index in [-0.39, 0.29) is 6.04 Å². The van der Waals surface area contributed by atoms with Gasteiger partial charge in [0, 0.05) is 18.3 Å². The van der Waals surface area contributed by atoms with Crippen molar-refractivity contribution in [2.75, 3.05) is 0 Å². The number of aromatic nitrogens is 3. The molecule has 2 heterocycles. The van der Waals surface area contributed by atoms with Gasteiger partial charge in [-0.2, -0.15) is 5.10 Å². The van der Waals surface area contributed by atoms with Crippen LogP contribution in [0.2, 0.25) is 5.02 Å². The van der Waals surface area contributed by atoms with E-state index in [4.69, 9.17) is 17.4 Å². The minimum Gasteiger partial charge on any atom is -0.271 e. The third-order valence-corrected chi connectivity index (χ3v) is 4.68. The Morgan fingerprint density at radius 2 is 2.32 bits per heavy atom. The number of thiazole rings is 1. The smallest absolute Gasteiger partial charge is 0.0850 e. The molecule has 1 unspecified atom stereocenters. The maximum atomic E-state index is 6.37. The molecule has 7 heteroatoms. The van der Waals surface area contributed by atoms with Crippen LogP contribution in [0.5, 0.6) is 0 Å². The molecule has 104 valence electrons. The summed E-state index contributed by atoms with van der Waals surface area (Å²) in [7, 11) is 1.91. The molecule has 3 N–H and O–H groups in total. The molecular formula is C12H18ClN5S. The van der Waals surface area contributed by atoms with E-state index in [1.165, 1.54) is 0 Å². The Morgan fingerprint density at radius 3 is 2.79 bits per heavy atom. The minimum absolute atomic E-state index is 0.00473. The van der Waals surface area contributed by atoms with Crippen LogP contribution in [0.15, 0.2) is 5.51 Å². The van der Waals surface area contributed by atoms with E-state index < -0.39 is 0 Å². The first kappa shape index (κ1) is 14.5. The van der Waals surface area contributed by atoms with Crippen LogP contribution >= 0.6 is 22.9 Å². The standard InChI is InChI=1S/C12H18ClN5S/c1-4-8-11(13)10(18(3)17-8)5-9(16-14)12-7(2)15-6-19-12/h6,9,16H,4-5,14H2,1-3H3. The first-order valence-electron chi connectivity index (χ1n) is 6.14.